The maximum Gasteiger partial charge on any atom is 0.237 e. The molecule has 0 bridgehead atoms. The highest BCUT2D eigenvalue weighted by Crippen LogP contribution is 2.20. The second-order valence-corrected chi connectivity index (χ2v) is 3.48. The zero-order chi connectivity index (χ0) is 11.3. The van der Waals surface area contributed by atoms with E-state index in [1.165, 1.54) is 0 Å². The fraction of sp³-hybridized carbons (Fsp3) is 0.300. The van der Waals surface area contributed by atoms with E-state index in [1.807, 2.05) is 18.4 Å². The Morgan fingerprint density at radius 1 is 1.60 bits per heavy atom. The highest BCUT2D eigenvalue weighted by atomic mass is 35.5. The Labute approximate surface area is 93.3 Å². The van der Waals surface area contributed by atoms with Crippen molar-refractivity contribution in [3.05, 3.63) is 28.8 Å². The van der Waals surface area contributed by atoms with Gasteiger partial charge < -0.3 is 4.74 Å². The first kappa shape index (κ1) is 11.8. The van der Waals surface area contributed by atoms with Crippen LogP contribution in [0.4, 0.5) is 0 Å². The number of aryl methyl sites for hydroxylation is 1. The van der Waals surface area contributed by atoms with E-state index >= 15 is 0 Å². The average Bonchev–Trinajstić information content (AvgIpc) is 2.23. The van der Waals surface area contributed by atoms with Crippen molar-refractivity contribution < 1.29 is 9.53 Å². The van der Waals surface area contributed by atoms with Crippen molar-refractivity contribution in [2.45, 2.75) is 13.3 Å². The molecule has 0 fully saturated rings. The highest BCUT2D eigenvalue weighted by Gasteiger charge is 2.01. The predicted molar refractivity (Wildman–Crippen MR) is 58.6 cm³/mol. The van der Waals surface area contributed by atoms with Gasteiger partial charge in [0.15, 0.2) is 0 Å². The van der Waals surface area contributed by atoms with Crippen LogP contribution in [-0.4, -0.2) is 12.5 Å². The first-order chi connectivity index (χ1) is 7.13. The Hall–Kier alpha value is -1.26. The Balaban J connectivity index is 2.44. The van der Waals surface area contributed by atoms with E-state index < -0.39 is 0 Å². The van der Waals surface area contributed by atoms with Crippen molar-refractivity contribution in [2.75, 3.05) is 6.61 Å². The first-order valence-electron chi connectivity index (χ1n) is 4.52. The van der Waals surface area contributed by atoms with E-state index in [0.29, 0.717) is 17.4 Å². The monoisotopic (exact) mass is 228 g/mol. The normalized spacial score (nSPS) is 9.80. The van der Waals surface area contributed by atoms with Crippen molar-refractivity contribution in [3.8, 4) is 5.75 Å². The molecule has 3 N–H and O–H groups in total. The molecule has 0 saturated carbocycles. The van der Waals surface area contributed by atoms with Gasteiger partial charge in [-0.1, -0.05) is 11.6 Å². The van der Waals surface area contributed by atoms with Gasteiger partial charge in [0.25, 0.3) is 0 Å². The van der Waals surface area contributed by atoms with Crippen LogP contribution in [0.15, 0.2) is 18.2 Å². The molecule has 82 valence electrons. The van der Waals surface area contributed by atoms with Crippen LogP contribution in [0.2, 0.25) is 5.02 Å². The molecule has 0 aromatic heterocycles. The Morgan fingerprint density at radius 2 is 2.33 bits per heavy atom. The summed E-state index contributed by atoms with van der Waals surface area (Å²) in [5, 5.41) is 0.696. The molecule has 1 rings (SSSR count). The lowest BCUT2D eigenvalue weighted by Gasteiger charge is -2.06. The van der Waals surface area contributed by atoms with Crippen molar-refractivity contribution in [3.63, 3.8) is 0 Å². The zero-order valence-corrected chi connectivity index (χ0v) is 9.17. The van der Waals surface area contributed by atoms with Crippen LogP contribution in [0.5, 0.6) is 5.75 Å². The maximum absolute atomic E-state index is 10.8. The molecule has 1 aromatic rings. The molecule has 0 aliphatic carbocycles. The third-order valence-corrected chi connectivity index (χ3v) is 2.31. The minimum Gasteiger partial charge on any atom is -0.493 e. The molecular weight excluding hydrogens is 216 g/mol. The van der Waals surface area contributed by atoms with Crippen LogP contribution in [0.3, 0.4) is 0 Å². The number of benzene rings is 1. The minimum absolute atomic E-state index is 0.234. The predicted octanol–water partition coefficient (Wildman–Crippen LogP) is 1.41. The van der Waals surface area contributed by atoms with Gasteiger partial charge in [-0.25, -0.2) is 5.84 Å². The quantitative estimate of drug-likeness (QED) is 0.465. The van der Waals surface area contributed by atoms with Crippen LogP contribution in [0.1, 0.15) is 12.0 Å². The van der Waals surface area contributed by atoms with Crippen molar-refractivity contribution >= 4 is 17.5 Å². The summed E-state index contributed by atoms with van der Waals surface area (Å²) < 4.78 is 5.34. The zero-order valence-electron chi connectivity index (χ0n) is 8.42. The van der Waals surface area contributed by atoms with E-state index in [9.17, 15) is 4.79 Å². The van der Waals surface area contributed by atoms with E-state index in [1.54, 1.807) is 12.1 Å². The van der Waals surface area contributed by atoms with E-state index in [4.69, 9.17) is 22.2 Å². The van der Waals surface area contributed by atoms with Crippen LogP contribution >= 0.6 is 11.6 Å². The Morgan fingerprint density at radius 3 is 2.93 bits per heavy atom. The van der Waals surface area contributed by atoms with E-state index in [0.717, 1.165) is 5.56 Å². The lowest BCUT2D eigenvalue weighted by Crippen LogP contribution is -2.31. The van der Waals surface area contributed by atoms with Crippen molar-refractivity contribution in [1.82, 2.24) is 5.43 Å². The van der Waals surface area contributed by atoms with Gasteiger partial charge in [-0.15, -0.1) is 0 Å². The number of carbonyl (C=O) groups is 1. The number of halogens is 1. The van der Waals surface area contributed by atoms with Gasteiger partial charge in [0.05, 0.1) is 13.0 Å². The van der Waals surface area contributed by atoms with Gasteiger partial charge in [-0.2, -0.15) is 0 Å². The molecule has 0 saturated heterocycles. The molecule has 0 atom stereocenters. The highest BCUT2D eigenvalue weighted by molar-refractivity contribution is 6.31. The second kappa shape index (κ2) is 5.58. The summed E-state index contributed by atoms with van der Waals surface area (Å²) in [6.07, 6.45) is 0.234. The number of hydrogen-bond acceptors (Lipinski definition) is 3. The molecule has 15 heavy (non-hydrogen) atoms. The number of rotatable bonds is 4. The molecule has 0 radical (unpaired) electrons. The second-order valence-electron chi connectivity index (χ2n) is 3.08. The van der Waals surface area contributed by atoms with Gasteiger partial charge in [0.2, 0.25) is 5.91 Å². The summed E-state index contributed by atoms with van der Waals surface area (Å²) >= 11 is 5.85. The van der Waals surface area contributed by atoms with Gasteiger partial charge >= 0.3 is 0 Å². The lowest BCUT2D eigenvalue weighted by atomic mass is 10.2. The van der Waals surface area contributed by atoms with E-state index in [-0.39, 0.29) is 12.3 Å². The van der Waals surface area contributed by atoms with Crippen LogP contribution in [0.25, 0.3) is 0 Å². The number of nitrogens with two attached hydrogens (primary N) is 1. The summed E-state index contributed by atoms with van der Waals surface area (Å²) in [6.45, 7) is 2.19. The number of hydrazine groups is 1. The lowest BCUT2D eigenvalue weighted by molar-refractivity contribution is -0.121. The summed E-state index contributed by atoms with van der Waals surface area (Å²) in [7, 11) is 0. The number of amides is 1. The molecule has 0 aliphatic rings. The largest absolute Gasteiger partial charge is 0.493 e. The molecule has 0 spiro atoms. The molecule has 0 heterocycles. The molecule has 0 unspecified atom stereocenters. The summed E-state index contributed by atoms with van der Waals surface area (Å²) in [4.78, 5) is 10.8. The molecule has 4 nitrogen and oxygen atoms in total. The number of carbonyl (C=O) groups excluding carboxylic acids is 1. The third kappa shape index (κ3) is 3.77. The number of nitrogens with one attached hydrogen (secondary N) is 1. The fourth-order valence-corrected chi connectivity index (χ4v) is 1.16. The third-order valence-electron chi connectivity index (χ3n) is 1.89. The first-order valence-corrected chi connectivity index (χ1v) is 4.89. The Bertz CT molecular complexity index is 355. The SMILES string of the molecule is Cc1cc(OCCC(=O)NN)ccc1Cl. The van der Waals surface area contributed by atoms with Gasteiger partial charge in [-0.3, -0.25) is 10.2 Å². The topological polar surface area (TPSA) is 64.3 Å². The minimum atomic E-state index is -0.249. The van der Waals surface area contributed by atoms with Crippen molar-refractivity contribution in [1.29, 1.82) is 0 Å². The Kier molecular flexibility index (Phi) is 4.39. The summed E-state index contributed by atoms with van der Waals surface area (Å²) in [6, 6.07) is 5.34. The summed E-state index contributed by atoms with van der Waals surface area (Å²) in [5.74, 6) is 5.37. The van der Waals surface area contributed by atoms with Gasteiger partial charge in [-0.05, 0) is 30.7 Å². The van der Waals surface area contributed by atoms with Crippen LogP contribution in [0, 0.1) is 6.92 Å². The van der Waals surface area contributed by atoms with Crippen molar-refractivity contribution in [2.24, 2.45) is 5.84 Å². The molecule has 0 aliphatic heterocycles. The smallest absolute Gasteiger partial charge is 0.237 e. The maximum atomic E-state index is 10.8. The molecule has 1 aromatic carbocycles. The number of hydrogen-bond donors (Lipinski definition) is 2. The van der Waals surface area contributed by atoms with Crippen LogP contribution < -0.4 is 16.0 Å². The molecule has 1 amide bonds. The average molecular weight is 229 g/mol. The van der Waals surface area contributed by atoms with E-state index in [2.05, 4.69) is 0 Å². The summed E-state index contributed by atoms with van der Waals surface area (Å²) in [5.41, 5.74) is 2.97. The molecular formula is C10H13ClN2O2. The number of ether oxygens (including phenoxy) is 1. The molecule has 5 heteroatoms. The van der Waals surface area contributed by atoms with Gasteiger partial charge in [0, 0.05) is 5.02 Å². The van der Waals surface area contributed by atoms with Gasteiger partial charge in [0.1, 0.15) is 5.75 Å². The van der Waals surface area contributed by atoms with Crippen LogP contribution in [-0.2, 0) is 4.79 Å². The fourth-order valence-electron chi connectivity index (χ4n) is 1.04. The standard InChI is InChI=1S/C10H13ClN2O2/c1-7-6-8(2-3-9(7)11)15-5-4-10(14)13-12/h2-3,6H,4-5,12H2,1H3,(H,13,14).